The van der Waals surface area contributed by atoms with E-state index in [1.54, 1.807) is 13.0 Å². The van der Waals surface area contributed by atoms with Crippen LogP contribution in [0.5, 0.6) is 0 Å². The molecule has 0 aliphatic rings. The van der Waals surface area contributed by atoms with E-state index in [1.807, 2.05) is 6.92 Å². The maximum atomic E-state index is 12.5. The highest BCUT2D eigenvalue weighted by atomic mass is 79.9. The van der Waals surface area contributed by atoms with Gasteiger partial charge in [0, 0.05) is 23.2 Å². The highest BCUT2D eigenvalue weighted by molar-refractivity contribution is 9.10. The monoisotopic (exact) mass is 350 g/mol. The van der Waals surface area contributed by atoms with Gasteiger partial charge >= 0.3 is 0 Å². The minimum Gasteiger partial charge on any atom is -0.398 e. The Morgan fingerprint density at radius 1 is 1.37 bits per heavy atom. The molecule has 1 aromatic carbocycles. The van der Waals surface area contributed by atoms with Crippen LogP contribution in [0.1, 0.15) is 18.9 Å². The molecule has 7 heteroatoms. The van der Waals surface area contributed by atoms with Gasteiger partial charge in [0.25, 0.3) is 0 Å². The van der Waals surface area contributed by atoms with Crippen molar-refractivity contribution in [3.05, 3.63) is 22.2 Å². The predicted octanol–water partition coefficient (Wildman–Crippen LogP) is 1.73. The second-order valence-corrected chi connectivity index (χ2v) is 7.03. The molecule has 0 atom stereocenters. The van der Waals surface area contributed by atoms with Gasteiger partial charge in [-0.15, -0.1) is 0 Å². The van der Waals surface area contributed by atoms with E-state index in [9.17, 15) is 8.42 Å². The molecule has 0 fully saturated rings. The Morgan fingerprint density at radius 2 is 2.00 bits per heavy atom. The van der Waals surface area contributed by atoms with E-state index in [0.717, 1.165) is 0 Å². The van der Waals surface area contributed by atoms with Crippen molar-refractivity contribution in [2.24, 2.45) is 0 Å². The molecule has 0 spiro atoms. The third-order valence-corrected chi connectivity index (χ3v) is 5.46. The van der Waals surface area contributed by atoms with Crippen LogP contribution in [-0.2, 0) is 10.0 Å². The van der Waals surface area contributed by atoms with Crippen LogP contribution in [0, 0.1) is 6.92 Å². The van der Waals surface area contributed by atoms with Gasteiger partial charge < -0.3 is 10.8 Å². The van der Waals surface area contributed by atoms with Gasteiger partial charge in [-0.2, -0.15) is 4.31 Å². The van der Waals surface area contributed by atoms with Gasteiger partial charge in [-0.25, -0.2) is 8.42 Å². The number of aryl methyl sites for hydroxylation is 1. The Balaban J connectivity index is 3.28. The quantitative estimate of drug-likeness (QED) is 0.765. The summed E-state index contributed by atoms with van der Waals surface area (Å²) in [7, 11) is -3.62. The molecule has 0 heterocycles. The summed E-state index contributed by atoms with van der Waals surface area (Å²) in [6.07, 6.45) is 0.685. The van der Waals surface area contributed by atoms with Crippen LogP contribution < -0.4 is 5.73 Å². The summed E-state index contributed by atoms with van der Waals surface area (Å²) in [5.41, 5.74) is 6.76. The topological polar surface area (TPSA) is 83.6 Å². The fourth-order valence-corrected chi connectivity index (χ4v) is 4.02. The summed E-state index contributed by atoms with van der Waals surface area (Å²) >= 11 is 3.27. The summed E-state index contributed by atoms with van der Waals surface area (Å²) in [6.45, 7) is 3.87. The number of hydrogen-bond acceptors (Lipinski definition) is 4. The van der Waals surface area contributed by atoms with Crippen molar-refractivity contribution in [2.75, 3.05) is 25.4 Å². The van der Waals surface area contributed by atoms with Crippen molar-refractivity contribution in [2.45, 2.75) is 25.2 Å². The molecule has 0 amide bonds. The van der Waals surface area contributed by atoms with E-state index >= 15 is 0 Å². The minimum absolute atomic E-state index is 0.0889. The van der Waals surface area contributed by atoms with Crippen LogP contribution >= 0.6 is 15.9 Å². The van der Waals surface area contributed by atoms with E-state index in [-0.39, 0.29) is 18.0 Å². The SMILES string of the molecule is CCCN(CCO)S(=O)(=O)c1cc(N)c(Br)cc1C. The highest BCUT2D eigenvalue weighted by Gasteiger charge is 2.25. The summed E-state index contributed by atoms with van der Waals surface area (Å²) in [5.74, 6) is 0. The molecule has 0 aliphatic carbocycles. The summed E-state index contributed by atoms with van der Waals surface area (Å²) in [4.78, 5) is 0.190. The van der Waals surface area contributed by atoms with E-state index in [0.29, 0.717) is 28.7 Å². The number of halogens is 1. The van der Waals surface area contributed by atoms with E-state index < -0.39 is 10.0 Å². The normalized spacial score (nSPS) is 12.1. The molecule has 3 N–H and O–H groups in total. The fourth-order valence-electron chi connectivity index (χ4n) is 1.80. The maximum Gasteiger partial charge on any atom is 0.243 e. The number of hydrogen-bond donors (Lipinski definition) is 2. The number of nitrogens with zero attached hydrogens (tertiary/aromatic N) is 1. The fraction of sp³-hybridized carbons (Fsp3) is 0.500. The third-order valence-electron chi connectivity index (χ3n) is 2.73. The lowest BCUT2D eigenvalue weighted by Gasteiger charge is -2.22. The molecule has 5 nitrogen and oxygen atoms in total. The van der Waals surface area contributed by atoms with Crippen molar-refractivity contribution in [3.8, 4) is 0 Å². The van der Waals surface area contributed by atoms with Gasteiger partial charge in [-0.3, -0.25) is 0 Å². The zero-order valence-electron chi connectivity index (χ0n) is 11.1. The summed E-state index contributed by atoms with van der Waals surface area (Å²) < 4.78 is 27.0. The standard InChI is InChI=1S/C12H19BrN2O3S/c1-3-4-15(5-6-16)19(17,18)12-8-11(14)10(13)7-9(12)2/h7-8,16H,3-6,14H2,1-2H3. The number of rotatable bonds is 6. The number of sulfonamides is 1. The lowest BCUT2D eigenvalue weighted by molar-refractivity contribution is 0.253. The Hall–Kier alpha value is -0.630. The lowest BCUT2D eigenvalue weighted by Crippen LogP contribution is -2.34. The molecular weight excluding hydrogens is 332 g/mol. The van der Waals surface area contributed by atoms with Gasteiger partial charge in [-0.05, 0) is 47.0 Å². The largest absolute Gasteiger partial charge is 0.398 e. The van der Waals surface area contributed by atoms with Crippen molar-refractivity contribution in [3.63, 3.8) is 0 Å². The molecule has 0 saturated heterocycles. The first kappa shape index (κ1) is 16.4. The molecule has 0 unspecified atom stereocenters. The second-order valence-electron chi connectivity index (χ2n) is 4.27. The van der Waals surface area contributed by atoms with Gasteiger partial charge in [0.05, 0.1) is 11.5 Å². The molecule has 108 valence electrons. The summed E-state index contributed by atoms with van der Waals surface area (Å²) in [6, 6.07) is 3.14. The number of benzene rings is 1. The highest BCUT2D eigenvalue weighted by Crippen LogP contribution is 2.28. The molecule has 0 saturated carbocycles. The second kappa shape index (κ2) is 6.69. The van der Waals surface area contributed by atoms with Crippen LogP contribution in [0.4, 0.5) is 5.69 Å². The molecular formula is C12H19BrN2O3S. The van der Waals surface area contributed by atoms with Crippen molar-refractivity contribution < 1.29 is 13.5 Å². The lowest BCUT2D eigenvalue weighted by atomic mass is 10.2. The number of aliphatic hydroxyl groups is 1. The van der Waals surface area contributed by atoms with Gasteiger partial charge in [0.1, 0.15) is 0 Å². The minimum atomic E-state index is -3.62. The van der Waals surface area contributed by atoms with Crippen LogP contribution in [-0.4, -0.2) is 37.5 Å². The average molecular weight is 351 g/mol. The Kier molecular flexibility index (Phi) is 5.79. The van der Waals surface area contributed by atoms with Crippen LogP contribution in [0.2, 0.25) is 0 Å². The number of nitrogens with two attached hydrogens (primary N) is 1. The van der Waals surface area contributed by atoms with Gasteiger partial charge in [0.2, 0.25) is 10.0 Å². The number of nitrogen functional groups attached to an aromatic ring is 1. The van der Waals surface area contributed by atoms with Crippen molar-refractivity contribution >= 4 is 31.6 Å². The molecule has 1 rings (SSSR count). The molecule has 0 aliphatic heterocycles. The summed E-state index contributed by atoms with van der Waals surface area (Å²) in [5, 5.41) is 9.00. The van der Waals surface area contributed by atoms with E-state index in [2.05, 4.69) is 15.9 Å². The smallest absolute Gasteiger partial charge is 0.243 e. The maximum absolute atomic E-state index is 12.5. The van der Waals surface area contributed by atoms with Crippen LogP contribution in [0.3, 0.4) is 0 Å². The Labute approximate surface area is 122 Å². The van der Waals surface area contributed by atoms with Crippen LogP contribution in [0.25, 0.3) is 0 Å². The zero-order chi connectivity index (χ0) is 14.6. The molecule has 19 heavy (non-hydrogen) atoms. The van der Waals surface area contributed by atoms with Crippen LogP contribution in [0.15, 0.2) is 21.5 Å². The molecule has 1 aromatic rings. The number of aliphatic hydroxyl groups excluding tert-OH is 1. The number of anilines is 1. The Bertz CT molecular complexity index is 540. The van der Waals surface area contributed by atoms with E-state index in [1.165, 1.54) is 10.4 Å². The van der Waals surface area contributed by atoms with Gasteiger partial charge in [-0.1, -0.05) is 6.92 Å². The molecule has 0 aromatic heterocycles. The van der Waals surface area contributed by atoms with Gasteiger partial charge in [0.15, 0.2) is 0 Å². The first-order valence-corrected chi connectivity index (χ1v) is 8.24. The zero-order valence-corrected chi connectivity index (χ0v) is 13.5. The average Bonchev–Trinajstić information content (AvgIpc) is 2.33. The van der Waals surface area contributed by atoms with E-state index in [4.69, 9.17) is 10.8 Å². The molecule has 0 bridgehead atoms. The molecule has 0 radical (unpaired) electrons. The van der Waals surface area contributed by atoms with Crippen molar-refractivity contribution in [1.29, 1.82) is 0 Å². The first-order valence-electron chi connectivity index (χ1n) is 6.01. The third kappa shape index (κ3) is 3.68. The van der Waals surface area contributed by atoms with Crippen molar-refractivity contribution in [1.82, 2.24) is 4.31 Å². The predicted molar refractivity (Wildman–Crippen MR) is 79.4 cm³/mol. The first-order chi connectivity index (χ1) is 8.84. The Morgan fingerprint density at radius 3 is 2.53 bits per heavy atom.